The quantitative estimate of drug-likeness (QED) is 0.862. The molecule has 100 valence electrons. The van der Waals surface area contributed by atoms with Gasteiger partial charge < -0.3 is 5.32 Å². The van der Waals surface area contributed by atoms with Gasteiger partial charge in [0.1, 0.15) is 0 Å². The van der Waals surface area contributed by atoms with Gasteiger partial charge in [-0.2, -0.15) is 0 Å². The fourth-order valence-corrected chi connectivity index (χ4v) is 2.89. The van der Waals surface area contributed by atoms with E-state index in [1.165, 1.54) is 12.0 Å². The number of rotatable bonds is 2. The summed E-state index contributed by atoms with van der Waals surface area (Å²) in [6.07, 6.45) is 1.21. The molecule has 0 amide bonds. The van der Waals surface area contributed by atoms with E-state index in [1.54, 1.807) is 0 Å². The van der Waals surface area contributed by atoms with Gasteiger partial charge in [0.05, 0.1) is 0 Å². The zero-order valence-electron chi connectivity index (χ0n) is 12.1. The summed E-state index contributed by atoms with van der Waals surface area (Å²) >= 11 is 0. The normalized spacial score (nSPS) is 26.2. The van der Waals surface area contributed by atoms with Crippen LogP contribution in [-0.4, -0.2) is 29.6 Å². The topological polar surface area (TPSA) is 15.3 Å². The average Bonchev–Trinajstić information content (AvgIpc) is 2.38. The summed E-state index contributed by atoms with van der Waals surface area (Å²) in [5, 5.41) is 3.70. The Hall–Kier alpha value is -0.860. The monoisotopic (exact) mass is 246 g/mol. The Kier molecular flexibility index (Phi) is 4.08. The van der Waals surface area contributed by atoms with Crippen LogP contribution in [0.3, 0.4) is 0 Å². The Bertz CT molecular complexity index is 366. The maximum Gasteiger partial charge on any atom is 0.0450 e. The van der Waals surface area contributed by atoms with Crippen LogP contribution >= 0.6 is 0 Å². The Morgan fingerprint density at radius 3 is 2.44 bits per heavy atom. The van der Waals surface area contributed by atoms with E-state index in [0.29, 0.717) is 12.1 Å². The summed E-state index contributed by atoms with van der Waals surface area (Å²) in [5.41, 5.74) is 1.65. The fourth-order valence-electron chi connectivity index (χ4n) is 2.89. The molecule has 0 spiro atoms. The van der Waals surface area contributed by atoms with Crippen molar-refractivity contribution in [3.8, 4) is 0 Å². The smallest absolute Gasteiger partial charge is 0.0450 e. The molecule has 1 heterocycles. The van der Waals surface area contributed by atoms with Gasteiger partial charge in [-0.3, -0.25) is 4.90 Å². The molecule has 0 aliphatic carbocycles. The second kappa shape index (κ2) is 5.41. The number of nitrogens with one attached hydrogen (secondary N) is 1. The SMILES string of the molecule is CCC1CNC(c2ccccc2)CN1C(C)(C)C. The number of hydrogen-bond acceptors (Lipinski definition) is 2. The molecule has 2 heteroatoms. The zero-order chi connectivity index (χ0) is 13.2. The molecule has 0 bridgehead atoms. The van der Waals surface area contributed by atoms with Gasteiger partial charge in [-0.1, -0.05) is 37.3 Å². The van der Waals surface area contributed by atoms with Crippen molar-refractivity contribution in [1.29, 1.82) is 0 Å². The summed E-state index contributed by atoms with van der Waals surface area (Å²) in [6.45, 7) is 11.4. The highest BCUT2D eigenvalue weighted by molar-refractivity contribution is 5.20. The third-order valence-electron chi connectivity index (χ3n) is 3.95. The lowest BCUT2D eigenvalue weighted by molar-refractivity contribution is 0.0391. The lowest BCUT2D eigenvalue weighted by Gasteiger charge is -2.47. The Morgan fingerprint density at radius 1 is 1.22 bits per heavy atom. The van der Waals surface area contributed by atoms with Crippen molar-refractivity contribution in [1.82, 2.24) is 10.2 Å². The first-order valence-electron chi connectivity index (χ1n) is 7.07. The zero-order valence-corrected chi connectivity index (χ0v) is 12.1. The Labute approximate surface area is 111 Å². The van der Waals surface area contributed by atoms with Crippen LogP contribution in [0.4, 0.5) is 0 Å². The van der Waals surface area contributed by atoms with Crippen LogP contribution in [0.5, 0.6) is 0 Å². The molecule has 1 aromatic rings. The van der Waals surface area contributed by atoms with Crippen LogP contribution in [0.15, 0.2) is 30.3 Å². The molecule has 1 aliphatic heterocycles. The average molecular weight is 246 g/mol. The Balaban J connectivity index is 2.15. The molecule has 2 unspecified atom stereocenters. The van der Waals surface area contributed by atoms with Crippen LogP contribution in [0.2, 0.25) is 0 Å². The lowest BCUT2D eigenvalue weighted by Crippen LogP contribution is -2.58. The summed E-state index contributed by atoms with van der Waals surface area (Å²) in [4.78, 5) is 2.65. The molecular weight excluding hydrogens is 220 g/mol. The van der Waals surface area contributed by atoms with Crippen molar-refractivity contribution >= 4 is 0 Å². The lowest BCUT2D eigenvalue weighted by atomic mass is 9.94. The van der Waals surface area contributed by atoms with Gasteiger partial charge in [0.15, 0.2) is 0 Å². The highest BCUT2D eigenvalue weighted by atomic mass is 15.3. The number of benzene rings is 1. The molecule has 1 N–H and O–H groups in total. The van der Waals surface area contributed by atoms with Crippen LogP contribution in [-0.2, 0) is 0 Å². The predicted molar refractivity (Wildman–Crippen MR) is 77.7 cm³/mol. The Morgan fingerprint density at radius 2 is 1.89 bits per heavy atom. The predicted octanol–water partition coefficient (Wildman–Crippen LogP) is 3.21. The maximum absolute atomic E-state index is 3.70. The largest absolute Gasteiger partial charge is 0.307 e. The molecule has 0 aromatic heterocycles. The van der Waals surface area contributed by atoms with Gasteiger partial charge in [0.25, 0.3) is 0 Å². The molecule has 0 radical (unpaired) electrons. The van der Waals surface area contributed by atoms with Gasteiger partial charge in [-0.25, -0.2) is 0 Å². The van der Waals surface area contributed by atoms with E-state index >= 15 is 0 Å². The van der Waals surface area contributed by atoms with E-state index < -0.39 is 0 Å². The number of piperazine rings is 1. The molecule has 2 atom stereocenters. The first-order chi connectivity index (χ1) is 8.52. The highest BCUT2D eigenvalue weighted by Crippen LogP contribution is 2.27. The summed E-state index contributed by atoms with van der Waals surface area (Å²) < 4.78 is 0. The van der Waals surface area contributed by atoms with Crippen molar-refractivity contribution in [2.45, 2.75) is 51.7 Å². The van der Waals surface area contributed by atoms with E-state index in [4.69, 9.17) is 0 Å². The van der Waals surface area contributed by atoms with Crippen molar-refractivity contribution < 1.29 is 0 Å². The molecule has 1 saturated heterocycles. The van der Waals surface area contributed by atoms with Gasteiger partial charge in [0.2, 0.25) is 0 Å². The summed E-state index contributed by atoms with van der Waals surface area (Å²) in [7, 11) is 0. The van der Waals surface area contributed by atoms with Crippen LogP contribution < -0.4 is 5.32 Å². The minimum atomic E-state index is 0.246. The molecule has 1 aliphatic rings. The van der Waals surface area contributed by atoms with Crippen LogP contribution in [0.1, 0.15) is 45.7 Å². The maximum atomic E-state index is 3.70. The van der Waals surface area contributed by atoms with E-state index in [2.05, 4.69) is 68.2 Å². The second-order valence-electron chi connectivity index (χ2n) is 6.26. The molecule has 2 nitrogen and oxygen atoms in total. The van der Waals surface area contributed by atoms with Crippen molar-refractivity contribution in [2.24, 2.45) is 0 Å². The van der Waals surface area contributed by atoms with E-state index in [-0.39, 0.29) is 5.54 Å². The fraction of sp³-hybridized carbons (Fsp3) is 0.625. The minimum Gasteiger partial charge on any atom is -0.307 e. The van der Waals surface area contributed by atoms with Crippen LogP contribution in [0.25, 0.3) is 0 Å². The molecule has 18 heavy (non-hydrogen) atoms. The number of nitrogens with zero attached hydrogens (tertiary/aromatic N) is 1. The summed E-state index contributed by atoms with van der Waals surface area (Å²) in [6, 6.07) is 11.9. The molecule has 1 aromatic carbocycles. The summed E-state index contributed by atoms with van der Waals surface area (Å²) in [5.74, 6) is 0. The van der Waals surface area contributed by atoms with E-state index in [0.717, 1.165) is 13.1 Å². The van der Waals surface area contributed by atoms with Gasteiger partial charge in [0, 0.05) is 30.7 Å². The second-order valence-corrected chi connectivity index (χ2v) is 6.26. The molecule has 1 fully saturated rings. The van der Waals surface area contributed by atoms with Crippen molar-refractivity contribution in [3.63, 3.8) is 0 Å². The molecule has 0 saturated carbocycles. The third kappa shape index (κ3) is 2.93. The minimum absolute atomic E-state index is 0.246. The van der Waals surface area contributed by atoms with Crippen LogP contribution in [0, 0.1) is 0 Å². The first-order valence-corrected chi connectivity index (χ1v) is 7.07. The molecule has 2 rings (SSSR count). The van der Waals surface area contributed by atoms with Crippen molar-refractivity contribution in [2.75, 3.05) is 13.1 Å². The standard InChI is InChI=1S/C16H26N2/c1-5-14-11-17-15(12-18(14)16(2,3)4)13-9-7-6-8-10-13/h6-10,14-15,17H,5,11-12H2,1-4H3. The van der Waals surface area contributed by atoms with Crippen molar-refractivity contribution in [3.05, 3.63) is 35.9 Å². The van der Waals surface area contributed by atoms with Gasteiger partial charge in [-0.05, 0) is 32.8 Å². The van der Waals surface area contributed by atoms with Gasteiger partial charge >= 0.3 is 0 Å². The van der Waals surface area contributed by atoms with E-state index in [1.807, 2.05) is 0 Å². The van der Waals surface area contributed by atoms with Gasteiger partial charge in [-0.15, -0.1) is 0 Å². The first kappa shape index (κ1) is 13.6. The molecular formula is C16H26N2. The highest BCUT2D eigenvalue weighted by Gasteiger charge is 2.34. The van der Waals surface area contributed by atoms with E-state index in [9.17, 15) is 0 Å². The number of hydrogen-bond donors (Lipinski definition) is 1. The third-order valence-corrected chi connectivity index (χ3v) is 3.95.